The molecule has 7 heteroatoms. The van der Waals surface area contributed by atoms with E-state index in [1.165, 1.54) is 0 Å². The molecule has 3 aromatic rings. The maximum Gasteiger partial charge on any atom is 0.251 e. The van der Waals surface area contributed by atoms with Crippen molar-refractivity contribution >= 4 is 29.3 Å². The number of carbonyl (C=O) groups is 1. The van der Waals surface area contributed by atoms with Crippen molar-refractivity contribution in [2.75, 3.05) is 5.73 Å². The summed E-state index contributed by atoms with van der Waals surface area (Å²) in [5.74, 6) is 0.244. The van der Waals surface area contributed by atoms with Gasteiger partial charge in [-0.25, -0.2) is 4.98 Å². The third-order valence-corrected chi connectivity index (χ3v) is 5.41. The molecule has 0 saturated heterocycles. The van der Waals surface area contributed by atoms with Crippen molar-refractivity contribution in [3.05, 3.63) is 87.9 Å². The second-order valence-corrected chi connectivity index (χ2v) is 7.65. The van der Waals surface area contributed by atoms with Crippen LogP contribution in [0.25, 0.3) is 10.9 Å². The summed E-state index contributed by atoms with van der Waals surface area (Å²) in [5.41, 5.74) is 11.9. The normalized spacial score (nSPS) is 11.8. The Bertz CT molecular complexity index is 1310. The largest absolute Gasteiger partial charge is 0.384 e. The molecule has 0 aliphatic carbocycles. The fourth-order valence-electron chi connectivity index (χ4n) is 3.65. The number of amides is 1. The number of nitrogens with one attached hydrogen (secondary N) is 1. The van der Waals surface area contributed by atoms with Gasteiger partial charge in [-0.15, -0.1) is 0 Å². The van der Waals surface area contributed by atoms with Gasteiger partial charge in [-0.3, -0.25) is 14.8 Å². The van der Waals surface area contributed by atoms with E-state index in [0.29, 0.717) is 35.6 Å². The Morgan fingerprint density at radius 1 is 1.30 bits per heavy atom. The molecule has 0 radical (unpaired) electrons. The zero-order valence-electron chi connectivity index (χ0n) is 19.0. The summed E-state index contributed by atoms with van der Waals surface area (Å²) in [6, 6.07) is 11.4. The number of nitriles is 1. The van der Waals surface area contributed by atoms with Gasteiger partial charge in [-0.1, -0.05) is 12.1 Å². The highest BCUT2D eigenvalue weighted by molar-refractivity contribution is 5.96. The second-order valence-electron chi connectivity index (χ2n) is 7.65. The molecule has 0 bridgehead atoms. The number of aromatic nitrogens is 2. The molecule has 0 fully saturated rings. The Morgan fingerprint density at radius 3 is 2.76 bits per heavy atom. The summed E-state index contributed by atoms with van der Waals surface area (Å²) in [7, 11) is 0. The van der Waals surface area contributed by atoms with Gasteiger partial charge < -0.3 is 11.1 Å². The molecule has 33 heavy (non-hydrogen) atoms. The monoisotopic (exact) mass is 438 g/mol. The van der Waals surface area contributed by atoms with E-state index >= 15 is 0 Å². The van der Waals surface area contributed by atoms with Crippen molar-refractivity contribution in [3.8, 4) is 6.07 Å². The van der Waals surface area contributed by atoms with Crippen molar-refractivity contribution in [2.24, 2.45) is 4.99 Å². The van der Waals surface area contributed by atoms with Gasteiger partial charge in [0.2, 0.25) is 0 Å². The predicted molar refractivity (Wildman–Crippen MR) is 132 cm³/mol. The van der Waals surface area contributed by atoms with Crippen LogP contribution < -0.4 is 11.1 Å². The number of nitrogens with two attached hydrogens (primary N) is 1. The van der Waals surface area contributed by atoms with E-state index in [0.717, 1.165) is 33.3 Å². The minimum Gasteiger partial charge on any atom is -0.384 e. The van der Waals surface area contributed by atoms with E-state index in [1.807, 2.05) is 32.0 Å². The molecule has 0 unspecified atom stereocenters. The number of nitrogens with zero attached hydrogens (tertiary/aromatic N) is 4. The molecule has 0 atom stereocenters. The molecule has 7 nitrogen and oxygen atoms in total. The lowest BCUT2D eigenvalue weighted by molar-refractivity contribution is -0.117. The van der Waals surface area contributed by atoms with Crippen LogP contribution in [0.1, 0.15) is 34.9 Å². The van der Waals surface area contributed by atoms with Crippen molar-refractivity contribution in [1.82, 2.24) is 15.3 Å². The minimum atomic E-state index is -0.219. The molecule has 0 saturated carbocycles. The van der Waals surface area contributed by atoms with E-state index in [2.05, 4.69) is 33.1 Å². The molecule has 3 N–H and O–H groups in total. The molecule has 2 aromatic heterocycles. The summed E-state index contributed by atoms with van der Waals surface area (Å²) in [4.78, 5) is 25.5. The van der Waals surface area contributed by atoms with Gasteiger partial charge >= 0.3 is 0 Å². The summed E-state index contributed by atoms with van der Waals surface area (Å²) < 4.78 is 0. The summed E-state index contributed by atoms with van der Waals surface area (Å²) in [6.45, 7) is 9.63. The average molecular weight is 439 g/mol. The van der Waals surface area contributed by atoms with Gasteiger partial charge in [-0.05, 0) is 74.5 Å². The van der Waals surface area contributed by atoms with Crippen LogP contribution >= 0.6 is 0 Å². The lowest BCUT2D eigenvalue weighted by Crippen LogP contribution is -2.25. The third-order valence-electron chi connectivity index (χ3n) is 5.41. The van der Waals surface area contributed by atoms with E-state index in [-0.39, 0.29) is 5.91 Å². The first-order chi connectivity index (χ1) is 15.9. The van der Waals surface area contributed by atoms with E-state index in [1.54, 1.807) is 37.4 Å². The molecule has 1 aromatic carbocycles. The smallest absolute Gasteiger partial charge is 0.251 e. The Hall–Kier alpha value is -4.31. The van der Waals surface area contributed by atoms with E-state index in [4.69, 9.17) is 5.73 Å². The molecule has 0 spiro atoms. The fourth-order valence-corrected chi connectivity index (χ4v) is 3.65. The lowest BCUT2D eigenvalue weighted by atomic mass is 10.0. The Labute approximate surface area is 193 Å². The van der Waals surface area contributed by atoms with Crippen molar-refractivity contribution in [2.45, 2.75) is 33.7 Å². The summed E-state index contributed by atoms with van der Waals surface area (Å²) in [6.07, 6.45) is 5.54. The molecule has 3 rings (SSSR count). The summed E-state index contributed by atoms with van der Waals surface area (Å²) >= 11 is 0. The molecular formula is C26H26N6O. The first kappa shape index (κ1) is 23.4. The molecule has 0 aliphatic rings. The Morgan fingerprint density at radius 2 is 2.09 bits per heavy atom. The van der Waals surface area contributed by atoms with Gasteiger partial charge in [0.05, 0.1) is 17.1 Å². The van der Waals surface area contributed by atoms with Crippen LogP contribution in [0.3, 0.4) is 0 Å². The predicted octanol–water partition coefficient (Wildman–Crippen LogP) is 4.09. The zero-order chi connectivity index (χ0) is 24.0. The number of anilines is 1. The van der Waals surface area contributed by atoms with E-state index < -0.39 is 0 Å². The second kappa shape index (κ2) is 10.3. The number of rotatable bonds is 7. The standard InChI is InChI=1S/C26H26N6O/c1-5-19(26(33)31-15-23-16(2)10-25(28)32-17(23)3)13-21(29-4)11-18-6-7-24-22(12-18)20(14-27)8-9-30-24/h5-10,12-13H,4,11,15H2,1-3H3,(H2,28,32)(H,31,33)/b19-5+,21-13-. The number of hydrogen-bond acceptors (Lipinski definition) is 6. The lowest BCUT2D eigenvalue weighted by Gasteiger charge is -2.12. The first-order valence-corrected chi connectivity index (χ1v) is 10.5. The SMILES string of the molecule is C=N/C(=C\C(=C/C)C(=O)NCc1c(C)cc(N)nc1C)Cc1ccc2nccc(C#N)c2c1. The maximum atomic E-state index is 12.8. The number of pyridine rings is 2. The van der Waals surface area contributed by atoms with Gasteiger partial charge in [0, 0.05) is 41.5 Å². The quantitative estimate of drug-likeness (QED) is 0.327. The van der Waals surface area contributed by atoms with Gasteiger partial charge in [-0.2, -0.15) is 5.26 Å². The van der Waals surface area contributed by atoms with Crippen LogP contribution in [0.5, 0.6) is 0 Å². The highest BCUT2D eigenvalue weighted by Gasteiger charge is 2.11. The number of aryl methyl sites for hydroxylation is 2. The Balaban J connectivity index is 1.78. The number of allylic oxidation sites excluding steroid dienone is 2. The average Bonchev–Trinajstić information content (AvgIpc) is 2.80. The summed E-state index contributed by atoms with van der Waals surface area (Å²) in [5, 5.41) is 13.1. The van der Waals surface area contributed by atoms with Crippen LogP contribution in [-0.4, -0.2) is 22.6 Å². The number of hydrogen-bond donors (Lipinski definition) is 2. The van der Waals surface area contributed by atoms with Gasteiger partial charge in [0.1, 0.15) is 5.82 Å². The van der Waals surface area contributed by atoms with Crippen LogP contribution in [-0.2, 0) is 17.8 Å². The van der Waals surface area contributed by atoms with Crippen molar-refractivity contribution in [1.29, 1.82) is 5.26 Å². The van der Waals surface area contributed by atoms with Gasteiger partial charge in [0.15, 0.2) is 0 Å². The molecular weight excluding hydrogens is 412 g/mol. The highest BCUT2D eigenvalue weighted by Crippen LogP contribution is 2.21. The number of nitrogen functional groups attached to an aromatic ring is 1. The molecule has 0 aliphatic heterocycles. The van der Waals surface area contributed by atoms with Crippen molar-refractivity contribution < 1.29 is 4.79 Å². The maximum absolute atomic E-state index is 12.8. The zero-order valence-corrected chi connectivity index (χ0v) is 19.0. The van der Waals surface area contributed by atoms with Crippen molar-refractivity contribution in [3.63, 3.8) is 0 Å². The fraction of sp³-hybridized carbons (Fsp3) is 0.192. The third kappa shape index (κ3) is 5.49. The van der Waals surface area contributed by atoms with Crippen LogP contribution in [0.2, 0.25) is 0 Å². The minimum absolute atomic E-state index is 0.219. The highest BCUT2D eigenvalue weighted by atomic mass is 16.1. The first-order valence-electron chi connectivity index (χ1n) is 10.5. The molecule has 166 valence electrons. The number of benzene rings is 1. The molecule has 2 heterocycles. The Kier molecular flexibility index (Phi) is 7.31. The topological polar surface area (TPSA) is 117 Å². The number of aliphatic imine (C=N–C) groups is 1. The molecule has 1 amide bonds. The van der Waals surface area contributed by atoms with Crippen LogP contribution in [0, 0.1) is 25.2 Å². The van der Waals surface area contributed by atoms with Gasteiger partial charge in [0.25, 0.3) is 5.91 Å². The number of carbonyl (C=O) groups excluding carboxylic acids is 1. The van der Waals surface area contributed by atoms with Crippen LogP contribution in [0.15, 0.2) is 64.9 Å². The number of fused-ring (bicyclic) bond motifs is 1. The van der Waals surface area contributed by atoms with Crippen LogP contribution in [0.4, 0.5) is 5.82 Å². The van der Waals surface area contributed by atoms with E-state index in [9.17, 15) is 10.1 Å².